The van der Waals surface area contributed by atoms with E-state index in [1.165, 1.54) is 0 Å². The average Bonchev–Trinajstić information content (AvgIpc) is 3.27. The molecule has 2 unspecified atom stereocenters. The van der Waals surface area contributed by atoms with Gasteiger partial charge in [0.2, 0.25) is 0 Å². The van der Waals surface area contributed by atoms with E-state index in [2.05, 4.69) is 87.0 Å². The monoisotopic (exact) mass is 421 g/mol. The Morgan fingerprint density at radius 3 is 1.63 bits per heavy atom. The Balaban J connectivity index is 0.000000225. The molecular formula is C26H47NO3. The highest BCUT2D eigenvalue weighted by Crippen LogP contribution is 2.36. The molecule has 0 bridgehead atoms. The molecule has 30 heavy (non-hydrogen) atoms. The third-order valence-electron chi connectivity index (χ3n) is 5.84. The summed E-state index contributed by atoms with van der Waals surface area (Å²) in [5, 5.41) is 0. The lowest BCUT2D eigenvalue weighted by Gasteiger charge is -2.31. The number of hydrogen-bond acceptors (Lipinski definition) is 4. The van der Waals surface area contributed by atoms with Gasteiger partial charge in [-0.25, -0.2) is 0 Å². The average molecular weight is 422 g/mol. The van der Waals surface area contributed by atoms with Gasteiger partial charge in [-0.2, -0.15) is 0 Å². The van der Waals surface area contributed by atoms with E-state index in [4.69, 9.17) is 14.2 Å². The van der Waals surface area contributed by atoms with Crippen LogP contribution in [0.3, 0.4) is 0 Å². The molecule has 3 saturated heterocycles. The highest BCUT2D eigenvalue weighted by atomic mass is 16.5. The van der Waals surface area contributed by atoms with Gasteiger partial charge in [0.25, 0.3) is 0 Å². The molecule has 2 atom stereocenters. The van der Waals surface area contributed by atoms with Crippen LogP contribution in [-0.2, 0) is 14.2 Å². The summed E-state index contributed by atoms with van der Waals surface area (Å²) in [5.74, 6) is 3.40. The van der Waals surface area contributed by atoms with Gasteiger partial charge in [0.15, 0.2) is 5.88 Å². The zero-order chi connectivity index (χ0) is 23.3. The molecule has 0 amide bonds. The molecule has 4 heteroatoms. The fraction of sp³-hybridized carbons (Fsp3) is 0.769. The maximum absolute atomic E-state index is 5.53. The van der Waals surface area contributed by atoms with Crippen LogP contribution < -0.4 is 0 Å². The quantitative estimate of drug-likeness (QED) is 0.426. The van der Waals surface area contributed by atoms with Gasteiger partial charge in [0, 0.05) is 24.3 Å². The van der Waals surface area contributed by atoms with Crippen LogP contribution in [0.15, 0.2) is 37.1 Å². The van der Waals surface area contributed by atoms with Crippen molar-refractivity contribution >= 4 is 0 Å². The van der Waals surface area contributed by atoms with E-state index >= 15 is 0 Å². The molecule has 4 nitrogen and oxygen atoms in total. The zero-order valence-electron chi connectivity index (χ0n) is 21.2. The molecule has 0 aliphatic carbocycles. The minimum Gasteiger partial charge on any atom is -0.498 e. The highest BCUT2D eigenvalue weighted by Gasteiger charge is 2.31. The second-order valence-corrected chi connectivity index (χ2v) is 11.7. The fourth-order valence-corrected chi connectivity index (χ4v) is 3.56. The van der Waals surface area contributed by atoms with Crippen molar-refractivity contribution in [3.63, 3.8) is 0 Å². The molecule has 0 aromatic heterocycles. The normalized spacial score (nSPS) is 24.3. The lowest BCUT2D eigenvalue weighted by molar-refractivity contribution is 0.0620. The Hall–Kier alpha value is -1.58. The number of allylic oxidation sites excluding steroid dienone is 2. The van der Waals surface area contributed by atoms with E-state index in [1.54, 1.807) is 0 Å². The second-order valence-electron chi connectivity index (χ2n) is 11.7. The molecule has 0 spiro atoms. The molecule has 0 aromatic rings. The minimum absolute atomic E-state index is 0.160. The number of ether oxygens (including phenoxy) is 3. The summed E-state index contributed by atoms with van der Waals surface area (Å²) in [6, 6.07) is 0. The van der Waals surface area contributed by atoms with Gasteiger partial charge in [0.05, 0.1) is 24.7 Å². The van der Waals surface area contributed by atoms with Crippen LogP contribution in [-0.4, -0.2) is 36.3 Å². The Morgan fingerprint density at radius 2 is 1.43 bits per heavy atom. The Morgan fingerprint density at radius 1 is 0.833 bits per heavy atom. The number of rotatable bonds is 0. The summed E-state index contributed by atoms with van der Waals surface area (Å²) in [4.78, 5) is 2.17. The van der Waals surface area contributed by atoms with E-state index in [-0.39, 0.29) is 11.0 Å². The van der Waals surface area contributed by atoms with Gasteiger partial charge in [0.1, 0.15) is 12.7 Å². The first-order valence-electron chi connectivity index (χ1n) is 11.3. The summed E-state index contributed by atoms with van der Waals surface area (Å²) in [5.41, 5.74) is 0.812. The molecule has 0 radical (unpaired) electrons. The Kier molecular flexibility index (Phi) is 8.95. The van der Waals surface area contributed by atoms with Crippen molar-refractivity contribution < 1.29 is 14.2 Å². The molecule has 0 N–H and O–H groups in total. The SMILES string of the molecule is C=C1CC(C(C)(C)C)CO1.C=C1CCC(C(C)(C)C)O1.C=C1OCCN1C(C)(C)C. The van der Waals surface area contributed by atoms with Crippen LogP contribution >= 0.6 is 0 Å². The lowest BCUT2D eigenvalue weighted by Crippen LogP contribution is -2.37. The summed E-state index contributed by atoms with van der Waals surface area (Å²) in [7, 11) is 0. The summed E-state index contributed by atoms with van der Waals surface area (Å²) >= 11 is 0. The molecule has 174 valence electrons. The first kappa shape index (κ1) is 26.5. The zero-order valence-corrected chi connectivity index (χ0v) is 21.2. The standard InChI is InChI=1S/2C9H16O.C8H15NO/c1-7-5-8(6-10-7)9(2,3)4;1-7-5-6-8(10-7)9(2,3)4;1-7-9(5-6-10-7)8(2,3)4/h2*8H,1,5-6H2,2-4H3;1,5-6H2,2-4H3. The highest BCUT2D eigenvalue weighted by molar-refractivity contribution is 4.96. The fourth-order valence-electron chi connectivity index (χ4n) is 3.56. The van der Waals surface area contributed by atoms with Gasteiger partial charge >= 0.3 is 0 Å². The van der Waals surface area contributed by atoms with Crippen LogP contribution in [0.4, 0.5) is 0 Å². The van der Waals surface area contributed by atoms with Crippen LogP contribution in [0.5, 0.6) is 0 Å². The van der Waals surface area contributed by atoms with Crippen molar-refractivity contribution in [3.05, 3.63) is 37.1 Å². The van der Waals surface area contributed by atoms with Gasteiger partial charge in [-0.1, -0.05) is 54.7 Å². The van der Waals surface area contributed by atoms with Gasteiger partial charge < -0.3 is 19.1 Å². The largest absolute Gasteiger partial charge is 0.498 e. The molecule has 3 rings (SSSR count). The van der Waals surface area contributed by atoms with Crippen molar-refractivity contribution in [1.29, 1.82) is 0 Å². The maximum atomic E-state index is 5.53. The molecule has 0 aromatic carbocycles. The molecule has 3 heterocycles. The van der Waals surface area contributed by atoms with E-state index in [9.17, 15) is 0 Å². The van der Waals surface area contributed by atoms with Gasteiger partial charge in [-0.15, -0.1) is 0 Å². The van der Waals surface area contributed by atoms with E-state index in [0.29, 0.717) is 17.4 Å². The van der Waals surface area contributed by atoms with Gasteiger partial charge in [-0.3, -0.25) is 0 Å². The summed E-state index contributed by atoms with van der Waals surface area (Å²) < 4.78 is 16.1. The van der Waals surface area contributed by atoms with Gasteiger partial charge in [-0.05, 0) is 44.6 Å². The van der Waals surface area contributed by atoms with Crippen molar-refractivity contribution in [2.75, 3.05) is 19.8 Å². The van der Waals surface area contributed by atoms with E-state index in [0.717, 1.165) is 56.4 Å². The van der Waals surface area contributed by atoms with Crippen LogP contribution in [0, 0.1) is 16.7 Å². The van der Waals surface area contributed by atoms with E-state index in [1.807, 2.05) is 0 Å². The van der Waals surface area contributed by atoms with Crippen LogP contribution in [0.25, 0.3) is 0 Å². The van der Waals surface area contributed by atoms with E-state index < -0.39 is 0 Å². The smallest absolute Gasteiger partial charge is 0.182 e. The predicted octanol–water partition coefficient (Wildman–Crippen LogP) is 6.90. The van der Waals surface area contributed by atoms with Crippen molar-refractivity contribution in [1.82, 2.24) is 4.90 Å². The third kappa shape index (κ3) is 8.65. The predicted molar refractivity (Wildman–Crippen MR) is 127 cm³/mol. The second kappa shape index (κ2) is 10.2. The molecular weight excluding hydrogens is 374 g/mol. The molecule has 3 aliphatic heterocycles. The van der Waals surface area contributed by atoms with Crippen molar-refractivity contribution in [3.8, 4) is 0 Å². The molecule has 3 fully saturated rings. The first-order chi connectivity index (χ1) is 13.5. The van der Waals surface area contributed by atoms with Crippen LogP contribution in [0.2, 0.25) is 0 Å². The molecule has 0 saturated carbocycles. The number of nitrogens with zero attached hydrogens (tertiary/aromatic N) is 1. The lowest BCUT2D eigenvalue weighted by atomic mass is 9.80. The maximum Gasteiger partial charge on any atom is 0.182 e. The first-order valence-corrected chi connectivity index (χ1v) is 11.3. The minimum atomic E-state index is 0.160. The number of hydrogen-bond donors (Lipinski definition) is 0. The molecule has 3 aliphatic rings. The van der Waals surface area contributed by atoms with Crippen molar-refractivity contribution in [2.45, 2.75) is 93.2 Å². The summed E-state index contributed by atoms with van der Waals surface area (Å²) in [6.07, 6.45) is 3.62. The summed E-state index contributed by atoms with van der Waals surface area (Å²) in [6.45, 7) is 33.9. The Bertz CT molecular complexity index is 565. The topological polar surface area (TPSA) is 30.9 Å². The third-order valence-corrected chi connectivity index (χ3v) is 5.84. The van der Waals surface area contributed by atoms with Crippen molar-refractivity contribution in [2.24, 2.45) is 16.7 Å². The van der Waals surface area contributed by atoms with Crippen LogP contribution in [0.1, 0.15) is 81.6 Å². The Labute approximate surface area is 186 Å².